The van der Waals surface area contributed by atoms with Crippen LogP contribution >= 0.6 is 15.9 Å². The fraction of sp³-hybridized carbons (Fsp3) is 0.133. The van der Waals surface area contributed by atoms with Crippen LogP contribution in [0.5, 0.6) is 5.75 Å². The number of carbonyl (C=O) groups excluding carboxylic acids is 1. The van der Waals surface area contributed by atoms with E-state index in [9.17, 15) is 9.18 Å². The van der Waals surface area contributed by atoms with Crippen molar-refractivity contribution in [3.05, 3.63) is 52.8 Å². The Bertz CT molecular complexity index is 649. The van der Waals surface area contributed by atoms with E-state index in [2.05, 4.69) is 26.6 Å². The number of amides is 1. The molecule has 0 aliphatic carbocycles. The first-order valence-electron chi connectivity index (χ1n) is 6.22. The highest BCUT2D eigenvalue weighted by molar-refractivity contribution is 9.10. The van der Waals surface area contributed by atoms with E-state index in [4.69, 9.17) is 4.74 Å². The van der Waals surface area contributed by atoms with Gasteiger partial charge in [0.25, 0.3) is 0 Å². The van der Waals surface area contributed by atoms with Gasteiger partial charge in [0.05, 0.1) is 25.0 Å². The lowest BCUT2D eigenvalue weighted by molar-refractivity contribution is -0.114. The van der Waals surface area contributed by atoms with Gasteiger partial charge in [-0.15, -0.1) is 0 Å². The zero-order valence-electron chi connectivity index (χ0n) is 11.3. The van der Waals surface area contributed by atoms with Gasteiger partial charge in [-0.25, -0.2) is 4.39 Å². The van der Waals surface area contributed by atoms with Gasteiger partial charge in [-0.1, -0.05) is 12.1 Å². The van der Waals surface area contributed by atoms with E-state index < -0.39 is 5.82 Å². The molecule has 0 unspecified atom stereocenters. The van der Waals surface area contributed by atoms with Gasteiger partial charge in [0.1, 0.15) is 11.6 Å². The van der Waals surface area contributed by atoms with Crippen molar-refractivity contribution in [2.45, 2.75) is 0 Å². The molecular weight excluding hydrogens is 339 g/mol. The van der Waals surface area contributed by atoms with Gasteiger partial charge < -0.3 is 15.4 Å². The summed E-state index contributed by atoms with van der Waals surface area (Å²) in [6.45, 7) is -0.0502. The monoisotopic (exact) mass is 352 g/mol. The Morgan fingerprint density at radius 1 is 1.24 bits per heavy atom. The number of carbonyl (C=O) groups is 1. The molecule has 0 fully saturated rings. The fourth-order valence-electron chi connectivity index (χ4n) is 1.70. The van der Waals surface area contributed by atoms with Crippen LogP contribution in [-0.2, 0) is 4.79 Å². The van der Waals surface area contributed by atoms with E-state index in [0.717, 1.165) is 4.47 Å². The summed E-state index contributed by atoms with van der Waals surface area (Å²) in [5.74, 6) is -0.196. The van der Waals surface area contributed by atoms with Crippen molar-refractivity contribution < 1.29 is 13.9 Å². The van der Waals surface area contributed by atoms with Crippen LogP contribution in [-0.4, -0.2) is 19.6 Å². The summed E-state index contributed by atoms with van der Waals surface area (Å²) in [4.78, 5) is 11.9. The van der Waals surface area contributed by atoms with Gasteiger partial charge in [-0.3, -0.25) is 4.79 Å². The highest BCUT2D eigenvalue weighted by Gasteiger charge is 2.08. The predicted molar refractivity (Wildman–Crippen MR) is 84.2 cm³/mol. The maximum absolute atomic E-state index is 13.6. The van der Waals surface area contributed by atoms with Crippen molar-refractivity contribution in [1.82, 2.24) is 0 Å². The molecule has 0 aromatic heterocycles. The highest BCUT2D eigenvalue weighted by Crippen LogP contribution is 2.22. The van der Waals surface area contributed by atoms with Crippen LogP contribution in [0.4, 0.5) is 15.8 Å². The standard InChI is InChI=1S/C15H14BrFN2O2/c1-21-10-6-7-12(17)14(8-10)18-9-15(20)19-13-5-3-2-4-11(13)16/h2-8,18H,9H2,1H3,(H,19,20). The zero-order chi connectivity index (χ0) is 15.2. The number of halogens is 2. The maximum Gasteiger partial charge on any atom is 0.243 e. The topological polar surface area (TPSA) is 50.4 Å². The van der Waals surface area contributed by atoms with E-state index in [1.807, 2.05) is 18.2 Å². The molecule has 0 aliphatic rings. The van der Waals surface area contributed by atoms with Crippen LogP contribution in [0.1, 0.15) is 0 Å². The molecule has 110 valence electrons. The van der Waals surface area contributed by atoms with E-state index in [1.165, 1.54) is 25.3 Å². The summed E-state index contributed by atoms with van der Waals surface area (Å²) in [5.41, 5.74) is 0.882. The molecule has 2 N–H and O–H groups in total. The Morgan fingerprint density at radius 3 is 2.71 bits per heavy atom. The number of hydrogen-bond acceptors (Lipinski definition) is 3. The van der Waals surface area contributed by atoms with Gasteiger partial charge in [0, 0.05) is 10.5 Å². The average molecular weight is 353 g/mol. The molecule has 0 atom stereocenters. The average Bonchev–Trinajstić information content (AvgIpc) is 2.49. The van der Waals surface area contributed by atoms with Crippen molar-refractivity contribution >= 4 is 33.2 Å². The summed E-state index contributed by atoms with van der Waals surface area (Å²) in [6, 6.07) is 11.6. The molecule has 0 saturated heterocycles. The Kier molecular flexibility index (Phi) is 5.16. The lowest BCUT2D eigenvalue weighted by Gasteiger charge is -2.10. The second-order valence-electron chi connectivity index (χ2n) is 4.23. The van der Waals surface area contributed by atoms with E-state index in [0.29, 0.717) is 11.4 Å². The lowest BCUT2D eigenvalue weighted by Crippen LogP contribution is -2.22. The molecule has 0 bridgehead atoms. The normalized spacial score (nSPS) is 10.0. The SMILES string of the molecule is COc1ccc(F)c(NCC(=O)Nc2ccccc2Br)c1. The van der Waals surface area contributed by atoms with Gasteiger partial charge in [0.15, 0.2) is 0 Å². The largest absolute Gasteiger partial charge is 0.497 e. The Labute approximate surface area is 130 Å². The number of nitrogens with one attached hydrogen (secondary N) is 2. The summed E-state index contributed by atoms with van der Waals surface area (Å²) < 4.78 is 19.4. The Hall–Kier alpha value is -2.08. The number of rotatable bonds is 5. The summed E-state index contributed by atoms with van der Waals surface area (Å²) >= 11 is 3.34. The highest BCUT2D eigenvalue weighted by atomic mass is 79.9. The van der Waals surface area contributed by atoms with Crippen molar-refractivity contribution in [3.8, 4) is 5.75 Å². The fourth-order valence-corrected chi connectivity index (χ4v) is 2.08. The van der Waals surface area contributed by atoms with Gasteiger partial charge in [-0.05, 0) is 40.2 Å². The number of benzene rings is 2. The first-order chi connectivity index (χ1) is 10.1. The van der Waals surface area contributed by atoms with Gasteiger partial charge in [0.2, 0.25) is 5.91 Å². The van der Waals surface area contributed by atoms with Crippen LogP contribution in [0.25, 0.3) is 0 Å². The smallest absolute Gasteiger partial charge is 0.243 e. The first-order valence-corrected chi connectivity index (χ1v) is 7.01. The van der Waals surface area contributed by atoms with Crippen molar-refractivity contribution in [2.24, 2.45) is 0 Å². The summed E-state index contributed by atoms with van der Waals surface area (Å²) in [6.07, 6.45) is 0. The molecule has 21 heavy (non-hydrogen) atoms. The van der Waals surface area contributed by atoms with Crippen LogP contribution in [0.15, 0.2) is 46.9 Å². The van der Waals surface area contributed by atoms with Crippen molar-refractivity contribution in [2.75, 3.05) is 24.3 Å². The molecule has 0 radical (unpaired) electrons. The molecule has 2 aromatic carbocycles. The third-order valence-corrected chi connectivity index (χ3v) is 3.45. The van der Waals surface area contributed by atoms with Crippen molar-refractivity contribution in [3.63, 3.8) is 0 Å². The molecular formula is C15H14BrFN2O2. The Morgan fingerprint density at radius 2 is 2.00 bits per heavy atom. The van der Waals surface area contributed by atoms with Gasteiger partial charge >= 0.3 is 0 Å². The molecule has 6 heteroatoms. The molecule has 2 rings (SSSR count). The predicted octanol–water partition coefficient (Wildman–Crippen LogP) is 3.65. The van der Waals surface area contributed by atoms with E-state index in [-0.39, 0.29) is 18.1 Å². The zero-order valence-corrected chi connectivity index (χ0v) is 12.9. The molecule has 4 nitrogen and oxygen atoms in total. The minimum Gasteiger partial charge on any atom is -0.497 e. The maximum atomic E-state index is 13.6. The van der Waals surface area contributed by atoms with Crippen LogP contribution in [0, 0.1) is 5.82 Å². The number of para-hydroxylation sites is 1. The summed E-state index contributed by atoms with van der Waals surface area (Å²) in [7, 11) is 1.50. The van der Waals surface area contributed by atoms with E-state index >= 15 is 0 Å². The number of hydrogen-bond donors (Lipinski definition) is 2. The molecule has 1 amide bonds. The third-order valence-electron chi connectivity index (χ3n) is 2.76. The molecule has 0 heterocycles. The lowest BCUT2D eigenvalue weighted by atomic mass is 10.3. The minimum atomic E-state index is -0.440. The number of ether oxygens (including phenoxy) is 1. The molecule has 0 aliphatic heterocycles. The van der Waals surface area contributed by atoms with Crippen LogP contribution < -0.4 is 15.4 Å². The first kappa shape index (κ1) is 15.3. The molecule has 0 spiro atoms. The second kappa shape index (κ2) is 7.08. The Balaban J connectivity index is 1.97. The van der Waals surface area contributed by atoms with Gasteiger partial charge in [-0.2, -0.15) is 0 Å². The molecule has 2 aromatic rings. The quantitative estimate of drug-likeness (QED) is 0.863. The number of anilines is 2. The minimum absolute atomic E-state index is 0.0502. The van der Waals surface area contributed by atoms with Crippen LogP contribution in [0.3, 0.4) is 0 Å². The third kappa shape index (κ3) is 4.19. The number of methoxy groups -OCH3 is 1. The summed E-state index contributed by atoms with van der Waals surface area (Å²) in [5, 5.41) is 5.47. The van der Waals surface area contributed by atoms with Crippen LogP contribution in [0.2, 0.25) is 0 Å². The van der Waals surface area contributed by atoms with E-state index in [1.54, 1.807) is 6.07 Å². The van der Waals surface area contributed by atoms with Crippen molar-refractivity contribution in [1.29, 1.82) is 0 Å². The molecule has 0 saturated carbocycles. The second-order valence-corrected chi connectivity index (χ2v) is 5.08.